The summed E-state index contributed by atoms with van der Waals surface area (Å²) in [5.74, 6) is 0.775. The Labute approximate surface area is 124 Å². The van der Waals surface area contributed by atoms with Crippen molar-refractivity contribution in [1.82, 2.24) is 0 Å². The topological polar surface area (TPSA) is 26.3 Å². The molecule has 0 unspecified atom stereocenters. The Morgan fingerprint density at radius 3 is 2.60 bits per heavy atom. The maximum atomic E-state index is 12.2. The van der Waals surface area contributed by atoms with Crippen molar-refractivity contribution in [3.63, 3.8) is 0 Å². The van der Waals surface area contributed by atoms with Crippen LogP contribution in [0.4, 0.5) is 0 Å². The van der Waals surface area contributed by atoms with E-state index >= 15 is 0 Å². The molecule has 0 radical (unpaired) electrons. The lowest BCUT2D eigenvalue weighted by Gasteiger charge is -2.10. The van der Waals surface area contributed by atoms with E-state index in [1.807, 2.05) is 62.6 Å². The van der Waals surface area contributed by atoms with Crippen LogP contribution in [0.1, 0.15) is 21.5 Å². The molecular weight excluding hydrogens is 268 g/mol. The van der Waals surface area contributed by atoms with E-state index in [9.17, 15) is 4.79 Å². The molecule has 0 bridgehead atoms. The van der Waals surface area contributed by atoms with Gasteiger partial charge in [0, 0.05) is 10.5 Å². The molecule has 0 N–H and O–H groups in total. The van der Waals surface area contributed by atoms with E-state index in [1.165, 1.54) is 0 Å². The minimum atomic E-state index is 0.0124. The van der Waals surface area contributed by atoms with Crippen molar-refractivity contribution < 1.29 is 9.53 Å². The normalized spacial score (nSPS) is 10.3. The highest BCUT2D eigenvalue weighted by molar-refractivity contribution is 7.98. The van der Waals surface area contributed by atoms with Crippen LogP contribution in [-0.4, -0.2) is 18.6 Å². The molecule has 104 valence electrons. The van der Waals surface area contributed by atoms with Crippen LogP contribution in [0.25, 0.3) is 0 Å². The lowest BCUT2D eigenvalue weighted by Crippen LogP contribution is -2.13. The summed E-state index contributed by atoms with van der Waals surface area (Å²) in [6, 6.07) is 13.6. The van der Waals surface area contributed by atoms with Crippen molar-refractivity contribution >= 4 is 17.5 Å². The van der Waals surface area contributed by atoms with Gasteiger partial charge in [-0.1, -0.05) is 35.9 Å². The van der Waals surface area contributed by atoms with Gasteiger partial charge in [0.15, 0.2) is 12.4 Å². The van der Waals surface area contributed by atoms with Gasteiger partial charge in [0.25, 0.3) is 0 Å². The van der Waals surface area contributed by atoms with Crippen molar-refractivity contribution in [2.75, 3.05) is 12.9 Å². The van der Waals surface area contributed by atoms with E-state index < -0.39 is 0 Å². The average Bonchev–Trinajstić information content (AvgIpc) is 2.45. The average molecular weight is 286 g/mol. The van der Waals surface area contributed by atoms with Crippen LogP contribution in [-0.2, 0) is 0 Å². The van der Waals surface area contributed by atoms with E-state index in [1.54, 1.807) is 11.8 Å². The zero-order valence-electron chi connectivity index (χ0n) is 12.0. The molecule has 0 atom stereocenters. The molecule has 2 aromatic rings. The Bertz CT molecular complexity index is 620. The number of para-hydroxylation sites is 1. The first-order chi connectivity index (χ1) is 9.61. The van der Waals surface area contributed by atoms with Crippen molar-refractivity contribution in [3.05, 3.63) is 59.2 Å². The third-order valence-corrected chi connectivity index (χ3v) is 3.89. The van der Waals surface area contributed by atoms with E-state index in [0.29, 0.717) is 0 Å². The van der Waals surface area contributed by atoms with Crippen molar-refractivity contribution in [2.45, 2.75) is 18.7 Å². The lowest BCUT2D eigenvalue weighted by atomic mass is 10.0. The molecule has 0 aromatic heterocycles. The van der Waals surface area contributed by atoms with Crippen LogP contribution >= 0.6 is 11.8 Å². The molecule has 2 aromatic carbocycles. The summed E-state index contributed by atoms with van der Waals surface area (Å²) < 4.78 is 5.66. The van der Waals surface area contributed by atoms with Crippen LogP contribution in [0.5, 0.6) is 5.75 Å². The highest BCUT2D eigenvalue weighted by atomic mass is 32.2. The van der Waals surface area contributed by atoms with E-state index in [-0.39, 0.29) is 12.4 Å². The fourth-order valence-electron chi connectivity index (χ4n) is 2.09. The number of carbonyl (C=O) groups is 1. The number of hydrogen-bond donors (Lipinski definition) is 0. The Morgan fingerprint density at radius 2 is 1.90 bits per heavy atom. The van der Waals surface area contributed by atoms with Crippen LogP contribution in [0.15, 0.2) is 47.4 Å². The molecule has 0 fully saturated rings. The summed E-state index contributed by atoms with van der Waals surface area (Å²) in [5, 5.41) is 0. The Hall–Kier alpha value is -1.74. The maximum absolute atomic E-state index is 12.2. The van der Waals surface area contributed by atoms with Gasteiger partial charge < -0.3 is 4.74 Å². The smallest absolute Gasteiger partial charge is 0.200 e. The minimum absolute atomic E-state index is 0.0124. The second-order valence-corrected chi connectivity index (χ2v) is 5.53. The number of ketones is 1. The molecule has 0 aliphatic rings. The van der Waals surface area contributed by atoms with Crippen LogP contribution in [0, 0.1) is 13.8 Å². The second kappa shape index (κ2) is 6.62. The first-order valence-electron chi connectivity index (χ1n) is 6.48. The van der Waals surface area contributed by atoms with E-state index in [4.69, 9.17) is 4.74 Å². The SMILES string of the molecule is CSc1ccccc1OCC(=O)c1ccc(C)cc1C. The summed E-state index contributed by atoms with van der Waals surface area (Å²) in [6.07, 6.45) is 1.99. The first-order valence-corrected chi connectivity index (χ1v) is 7.70. The lowest BCUT2D eigenvalue weighted by molar-refractivity contribution is 0.0919. The summed E-state index contributed by atoms with van der Waals surface area (Å²) >= 11 is 1.61. The Morgan fingerprint density at radius 1 is 1.15 bits per heavy atom. The van der Waals surface area contributed by atoms with Gasteiger partial charge in [-0.05, 0) is 37.8 Å². The Balaban J connectivity index is 2.09. The largest absolute Gasteiger partial charge is 0.484 e. The molecule has 0 saturated carbocycles. The van der Waals surface area contributed by atoms with Gasteiger partial charge in [-0.25, -0.2) is 0 Å². The number of rotatable bonds is 5. The first kappa shape index (κ1) is 14.7. The highest BCUT2D eigenvalue weighted by Crippen LogP contribution is 2.27. The van der Waals surface area contributed by atoms with Crippen LogP contribution in [0.3, 0.4) is 0 Å². The third-order valence-electron chi connectivity index (χ3n) is 3.11. The highest BCUT2D eigenvalue weighted by Gasteiger charge is 2.11. The summed E-state index contributed by atoms with van der Waals surface area (Å²) in [4.78, 5) is 13.3. The molecule has 0 spiro atoms. The predicted octanol–water partition coefficient (Wildman–Crippen LogP) is 4.29. The summed E-state index contributed by atoms with van der Waals surface area (Å²) in [6.45, 7) is 4.05. The predicted molar refractivity (Wildman–Crippen MR) is 84.0 cm³/mol. The van der Waals surface area contributed by atoms with Crippen LogP contribution < -0.4 is 4.74 Å². The number of benzene rings is 2. The maximum Gasteiger partial charge on any atom is 0.200 e. The Kier molecular flexibility index (Phi) is 4.85. The zero-order valence-corrected chi connectivity index (χ0v) is 12.8. The molecule has 20 heavy (non-hydrogen) atoms. The van der Waals surface area contributed by atoms with Gasteiger partial charge in [0.1, 0.15) is 5.75 Å². The van der Waals surface area contributed by atoms with Crippen molar-refractivity contribution in [2.24, 2.45) is 0 Å². The fraction of sp³-hybridized carbons (Fsp3) is 0.235. The molecule has 2 nitrogen and oxygen atoms in total. The molecule has 0 heterocycles. The quantitative estimate of drug-likeness (QED) is 0.606. The van der Waals surface area contributed by atoms with Crippen molar-refractivity contribution in [1.29, 1.82) is 0 Å². The molecule has 3 heteroatoms. The number of carbonyl (C=O) groups excluding carboxylic acids is 1. The van der Waals surface area contributed by atoms with Crippen LogP contribution in [0.2, 0.25) is 0 Å². The summed E-state index contributed by atoms with van der Waals surface area (Å²) in [7, 11) is 0. The zero-order chi connectivity index (χ0) is 14.5. The van der Waals surface area contributed by atoms with Crippen molar-refractivity contribution in [3.8, 4) is 5.75 Å². The van der Waals surface area contributed by atoms with Gasteiger partial charge in [0.05, 0.1) is 0 Å². The molecular formula is C17H18O2S. The molecule has 0 amide bonds. The molecule has 2 rings (SSSR count). The van der Waals surface area contributed by atoms with E-state index in [0.717, 1.165) is 27.3 Å². The molecule has 0 aliphatic carbocycles. The minimum Gasteiger partial charge on any atom is -0.484 e. The number of ether oxygens (including phenoxy) is 1. The summed E-state index contributed by atoms with van der Waals surface area (Å²) in [5.41, 5.74) is 2.89. The number of aryl methyl sites for hydroxylation is 2. The van der Waals surface area contributed by atoms with Gasteiger partial charge in [0.2, 0.25) is 0 Å². The van der Waals surface area contributed by atoms with Gasteiger partial charge in [-0.2, -0.15) is 0 Å². The number of thioether (sulfide) groups is 1. The van der Waals surface area contributed by atoms with Gasteiger partial charge in [-0.3, -0.25) is 4.79 Å². The number of Topliss-reactive ketones (excluding diaryl/α,β-unsaturated/α-hetero) is 1. The number of hydrogen-bond acceptors (Lipinski definition) is 3. The molecule has 0 aliphatic heterocycles. The van der Waals surface area contributed by atoms with Gasteiger partial charge >= 0.3 is 0 Å². The second-order valence-electron chi connectivity index (χ2n) is 4.68. The fourth-order valence-corrected chi connectivity index (χ4v) is 2.63. The van der Waals surface area contributed by atoms with E-state index in [2.05, 4.69) is 0 Å². The monoisotopic (exact) mass is 286 g/mol. The van der Waals surface area contributed by atoms with Gasteiger partial charge in [-0.15, -0.1) is 11.8 Å². The standard InChI is InChI=1S/C17H18O2S/c1-12-8-9-14(13(2)10-12)15(18)11-19-16-6-4-5-7-17(16)20-3/h4-10H,11H2,1-3H3. The molecule has 0 saturated heterocycles. The third kappa shape index (κ3) is 3.42.